The predicted octanol–water partition coefficient (Wildman–Crippen LogP) is 10.1. The van der Waals surface area contributed by atoms with Crippen LogP contribution in [0, 0.1) is 41.9 Å². The Balaban J connectivity index is 0.000000236. The van der Waals surface area contributed by atoms with Crippen molar-refractivity contribution in [2.24, 2.45) is 35.0 Å². The zero-order valence-corrected chi connectivity index (χ0v) is 40.1. The number of halogens is 2. The fourth-order valence-corrected chi connectivity index (χ4v) is 11.4. The molecular weight excluding hydrogens is 848 g/mol. The number of hydrogen-bond donors (Lipinski definition) is 3. The van der Waals surface area contributed by atoms with Crippen LogP contribution in [-0.4, -0.2) is 92.3 Å². The molecule has 11 atom stereocenters. The first-order valence-corrected chi connectivity index (χ1v) is 24.7. The maximum Gasteiger partial charge on any atom is 0.415 e. The lowest BCUT2D eigenvalue weighted by Gasteiger charge is -2.50. The number of aliphatic hydroxyl groups excluding tert-OH is 3. The van der Waals surface area contributed by atoms with Crippen molar-refractivity contribution in [1.82, 2.24) is 9.88 Å². The van der Waals surface area contributed by atoms with Crippen molar-refractivity contribution < 1.29 is 39.2 Å². The van der Waals surface area contributed by atoms with Gasteiger partial charge in [-0.3, -0.25) is 9.59 Å². The molecule has 3 aliphatic carbocycles. The van der Waals surface area contributed by atoms with Crippen LogP contribution in [0.3, 0.4) is 0 Å². The Hall–Kier alpha value is -2.80. The average Bonchev–Trinajstić information content (AvgIpc) is 3.80. The van der Waals surface area contributed by atoms with Gasteiger partial charge in [0.2, 0.25) is 0 Å². The molecule has 1 aromatic carbocycles. The van der Waals surface area contributed by atoms with Crippen LogP contribution < -0.4 is 4.74 Å². The van der Waals surface area contributed by atoms with E-state index in [0.29, 0.717) is 54.8 Å². The molecule has 344 valence electrons. The van der Waals surface area contributed by atoms with E-state index >= 15 is 0 Å². The Morgan fingerprint density at radius 3 is 2.42 bits per heavy atom. The van der Waals surface area contributed by atoms with Gasteiger partial charge in [-0.15, -0.1) is 34.5 Å². The molecule has 2 fully saturated rings. The summed E-state index contributed by atoms with van der Waals surface area (Å²) in [7, 11) is 0. The maximum absolute atomic E-state index is 12.8. The molecule has 13 heteroatoms. The highest BCUT2D eigenvalue weighted by atomic mass is 35.5. The molecule has 10 nitrogen and oxygen atoms in total. The summed E-state index contributed by atoms with van der Waals surface area (Å²) >= 11 is 13.1. The molecule has 2 heterocycles. The number of thiazole rings is 1. The van der Waals surface area contributed by atoms with E-state index in [-0.39, 0.29) is 29.6 Å². The van der Waals surface area contributed by atoms with Gasteiger partial charge in [-0.05, 0) is 143 Å². The van der Waals surface area contributed by atoms with Crippen molar-refractivity contribution in [2.75, 3.05) is 24.8 Å². The van der Waals surface area contributed by atoms with E-state index in [9.17, 15) is 29.7 Å². The van der Waals surface area contributed by atoms with E-state index in [4.69, 9.17) is 32.7 Å². The highest BCUT2D eigenvalue weighted by Crippen LogP contribution is 2.61. The monoisotopic (exact) mass is 916 g/mol. The molecule has 2 saturated carbocycles. The number of nitrogens with zero attached hydrogens (tertiary/aromatic N) is 2. The Morgan fingerprint density at radius 2 is 1.74 bits per heavy atom. The van der Waals surface area contributed by atoms with E-state index in [0.717, 1.165) is 74.1 Å². The van der Waals surface area contributed by atoms with Crippen LogP contribution in [0.15, 0.2) is 40.8 Å². The van der Waals surface area contributed by atoms with Gasteiger partial charge < -0.3 is 29.7 Å². The van der Waals surface area contributed by atoms with Crippen LogP contribution in [0.4, 0.5) is 4.79 Å². The fraction of sp³-hybridized carbons (Fsp3) is 0.673. The number of carbonyl (C=O) groups excluding carboxylic acids is 3. The summed E-state index contributed by atoms with van der Waals surface area (Å²) in [5.74, 6) is 0.978. The summed E-state index contributed by atoms with van der Waals surface area (Å²) < 4.78 is 11.4. The van der Waals surface area contributed by atoms with Crippen LogP contribution in [0.2, 0.25) is 0 Å². The predicted molar refractivity (Wildman–Crippen MR) is 248 cm³/mol. The summed E-state index contributed by atoms with van der Waals surface area (Å²) in [5.41, 5.74) is 5.73. The number of aromatic nitrogens is 1. The standard InChI is InChI=1S/C26H39NO5S.C23H31Cl2NO3/c1-15-8-7-9-16(2)25(30)19(5)26(31)18(4)22(28)13-24(29)32-23(11-10-15)17(3)12-21-14-33-20(6)27-21;1-23-9-8-18-17-5-3-16(29-22(28)26(12-10-24)13-11-25)14-15(17)2-4-19(18)20(23)6-7-21(23)27/h10,12,14,16,18-19,22-23,25,28,30H,7-9,11,13H2,1-6H3;3,5,14,18-21,27H,2,4,6-13H2,1H3/b15-10-,17-12+;/t16-,18?,19+,22-,23-,25-;18-,19-,20+,21+,23+/m01/s1. The first-order chi connectivity index (χ1) is 29.5. The lowest BCUT2D eigenvalue weighted by Crippen LogP contribution is -2.43. The van der Waals surface area contributed by atoms with Crippen LogP contribution >= 0.6 is 34.5 Å². The van der Waals surface area contributed by atoms with Crippen molar-refractivity contribution in [3.63, 3.8) is 0 Å². The molecule has 6 rings (SSSR count). The molecule has 1 aliphatic heterocycles. The topological polar surface area (TPSA) is 146 Å². The van der Waals surface area contributed by atoms with E-state index in [1.165, 1.54) is 16.7 Å². The molecule has 1 amide bonds. The first kappa shape index (κ1) is 50.2. The zero-order chi connectivity index (χ0) is 45.3. The number of amides is 1. The summed E-state index contributed by atoms with van der Waals surface area (Å²) in [6.45, 7) is 14.3. The summed E-state index contributed by atoms with van der Waals surface area (Å²) in [6.07, 6.45) is 10.4. The Labute approximate surface area is 383 Å². The number of hydrogen-bond acceptors (Lipinski definition) is 10. The second kappa shape index (κ2) is 22.9. The van der Waals surface area contributed by atoms with Gasteiger partial charge in [-0.1, -0.05) is 45.4 Å². The van der Waals surface area contributed by atoms with Crippen molar-refractivity contribution in [1.29, 1.82) is 0 Å². The van der Waals surface area contributed by atoms with Crippen molar-refractivity contribution in [3.05, 3.63) is 62.6 Å². The van der Waals surface area contributed by atoms with Crippen LogP contribution in [0.5, 0.6) is 5.75 Å². The molecule has 0 spiro atoms. The Morgan fingerprint density at radius 1 is 1.02 bits per heavy atom. The first-order valence-electron chi connectivity index (χ1n) is 22.7. The number of aryl methyl sites for hydroxylation is 2. The van der Waals surface area contributed by atoms with Gasteiger partial charge in [-0.25, -0.2) is 9.78 Å². The van der Waals surface area contributed by atoms with Gasteiger partial charge in [-0.2, -0.15) is 0 Å². The molecule has 2 aromatic rings. The van der Waals surface area contributed by atoms with Crippen molar-refractivity contribution in [3.8, 4) is 5.75 Å². The number of allylic oxidation sites excluding steroid dienone is 1. The molecule has 1 unspecified atom stereocenters. The lowest BCUT2D eigenvalue weighted by atomic mass is 9.55. The number of esters is 1. The number of rotatable bonds is 7. The van der Waals surface area contributed by atoms with Crippen LogP contribution in [0.1, 0.15) is 133 Å². The number of Topliss-reactive ketones (excluding diaryl/α,β-unsaturated/α-hetero) is 1. The highest BCUT2D eigenvalue weighted by Gasteiger charge is 2.54. The molecule has 3 N–H and O–H groups in total. The third-order valence-corrected chi connectivity index (χ3v) is 15.6. The number of aliphatic hydroxyl groups is 3. The number of ether oxygens (including phenoxy) is 2. The number of carbonyl (C=O) groups is 3. The summed E-state index contributed by atoms with van der Waals surface area (Å²) in [4.78, 5) is 44.0. The molecule has 62 heavy (non-hydrogen) atoms. The minimum atomic E-state index is -1.16. The van der Waals surface area contributed by atoms with Crippen LogP contribution in [0.25, 0.3) is 6.08 Å². The van der Waals surface area contributed by atoms with Gasteiger partial charge >= 0.3 is 12.1 Å². The summed E-state index contributed by atoms with van der Waals surface area (Å²) in [6, 6.07) is 6.13. The van der Waals surface area contributed by atoms with Crippen molar-refractivity contribution in [2.45, 2.75) is 149 Å². The molecule has 0 radical (unpaired) electrons. The SMILES string of the molecule is C/C1=C/C[C@@H](/C(C)=C/c2csc(C)n2)OC(=O)C[C@H](O)C(C)C(=O)[C@H](C)[C@@H](O)[C@@H](C)CCC1.C[C@]12CC[C@@H]3c4ccc(OC(=O)N(CCCl)CCCl)cc4CC[C@H]3[C@@H]1CC[C@@H]2O. The summed E-state index contributed by atoms with van der Waals surface area (Å²) in [5, 5.41) is 34.7. The molecular formula is C49H70Cl2N2O8S. The second-order valence-electron chi connectivity index (χ2n) is 18.7. The number of fused-ring (bicyclic) bond motifs is 5. The zero-order valence-electron chi connectivity index (χ0n) is 37.8. The fourth-order valence-electron chi connectivity index (χ4n) is 10.5. The second-order valence-corrected chi connectivity index (χ2v) is 20.5. The Kier molecular flexibility index (Phi) is 18.5. The third kappa shape index (κ3) is 12.5. The van der Waals surface area contributed by atoms with Gasteiger partial charge in [0.1, 0.15) is 17.6 Å². The smallest absolute Gasteiger partial charge is 0.415 e. The molecule has 4 aliphatic rings. The van der Waals surface area contributed by atoms with Crippen molar-refractivity contribution >= 4 is 58.5 Å². The van der Waals surface area contributed by atoms with E-state index in [1.807, 2.05) is 44.4 Å². The number of alkyl halides is 2. The average molecular weight is 918 g/mol. The van der Waals surface area contributed by atoms with E-state index < -0.39 is 42.2 Å². The number of cyclic esters (lactones) is 1. The lowest BCUT2D eigenvalue weighted by molar-refractivity contribution is -0.151. The number of ketones is 1. The minimum Gasteiger partial charge on any atom is -0.457 e. The van der Waals surface area contributed by atoms with Crippen LogP contribution in [-0.2, 0) is 20.7 Å². The highest BCUT2D eigenvalue weighted by molar-refractivity contribution is 7.09. The largest absolute Gasteiger partial charge is 0.457 e. The van der Waals surface area contributed by atoms with E-state index in [1.54, 1.807) is 30.1 Å². The Bertz CT molecular complexity index is 1900. The van der Waals surface area contributed by atoms with Gasteiger partial charge in [0.05, 0.1) is 35.4 Å². The number of benzene rings is 1. The minimum absolute atomic E-state index is 0.0292. The normalized spacial score (nSPS) is 33.1. The van der Waals surface area contributed by atoms with Gasteiger partial charge in [0.25, 0.3) is 0 Å². The quantitative estimate of drug-likeness (QED) is 0.140. The van der Waals surface area contributed by atoms with E-state index in [2.05, 4.69) is 31.0 Å². The maximum atomic E-state index is 12.8. The molecule has 0 saturated heterocycles. The molecule has 1 aromatic heterocycles. The third-order valence-electron chi connectivity index (χ3n) is 14.5. The van der Waals surface area contributed by atoms with Gasteiger partial charge in [0, 0.05) is 48.5 Å². The molecule has 0 bridgehead atoms. The van der Waals surface area contributed by atoms with Gasteiger partial charge in [0.15, 0.2) is 0 Å².